The van der Waals surface area contributed by atoms with Crippen molar-refractivity contribution in [2.45, 2.75) is 19.4 Å². The molecule has 7 aromatic carbocycles. The molecule has 12 rings (SSSR count). The molecular weight excluding hydrogens is 717 g/mol. The van der Waals surface area contributed by atoms with E-state index in [9.17, 15) is 0 Å². The van der Waals surface area contributed by atoms with E-state index in [1.165, 1.54) is 82.5 Å². The Morgan fingerprint density at radius 2 is 1.24 bits per heavy atom. The first-order chi connectivity index (χ1) is 29.2. The summed E-state index contributed by atoms with van der Waals surface area (Å²) in [5.41, 5.74) is 13.0. The lowest BCUT2D eigenvalue weighted by Gasteiger charge is -2.31. The van der Waals surface area contributed by atoms with Gasteiger partial charge in [-0.1, -0.05) is 146 Å². The van der Waals surface area contributed by atoms with Gasteiger partial charge in [0.05, 0.1) is 33.8 Å². The molecule has 2 aliphatic carbocycles. The third-order valence-electron chi connectivity index (χ3n) is 12.7. The lowest BCUT2D eigenvalue weighted by Crippen LogP contribution is -2.32. The monoisotopic (exact) mass is 756 g/mol. The Bertz CT molecular complexity index is 3370. The Morgan fingerprint density at radius 1 is 0.559 bits per heavy atom. The number of nitrogens with zero attached hydrogens (tertiary/aromatic N) is 4. The van der Waals surface area contributed by atoms with Crippen LogP contribution in [0.5, 0.6) is 0 Å². The molecule has 0 bridgehead atoms. The maximum Gasteiger partial charge on any atom is 0.131 e. The van der Waals surface area contributed by atoms with Crippen LogP contribution in [0.1, 0.15) is 18.9 Å². The fourth-order valence-electron chi connectivity index (χ4n) is 9.81. The summed E-state index contributed by atoms with van der Waals surface area (Å²) < 4.78 is 4.84. The van der Waals surface area contributed by atoms with Crippen LogP contribution >= 0.6 is 0 Å². The van der Waals surface area contributed by atoms with E-state index in [2.05, 4.69) is 210 Å². The maximum atomic E-state index is 5.30. The van der Waals surface area contributed by atoms with Gasteiger partial charge in [0.1, 0.15) is 5.84 Å². The molecule has 0 fully saturated rings. The van der Waals surface area contributed by atoms with E-state index < -0.39 is 0 Å². The third-order valence-corrected chi connectivity index (χ3v) is 12.7. The van der Waals surface area contributed by atoms with Crippen LogP contribution in [-0.4, -0.2) is 26.7 Å². The van der Waals surface area contributed by atoms with Crippen molar-refractivity contribution in [2.75, 3.05) is 0 Å². The molecule has 4 nitrogen and oxygen atoms in total. The van der Waals surface area contributed by atoms with Gasteiger partial charge in [0.2, 0.25) is 0 Å². The normalized spacial score (nSPS) is 19.0. The number of para-hydroxylation sites is 2. The van der Waals surface area contributed by atoms with Gasteiger partial charge in [0.25, 0.3) is 0 Å². The minimum atomic E-state index is 0.0792. The van der Waals surface area contributed by atoms with Crippen molar-refractivity contribution in [3.05, 3.63) is 205 Å². The van der Waals surface area contributed by atoms with Crippen LogP contribution in [0.3, 0.4) is 0 Å². The second-order valence-electron chi connectivity index (χ2n) is 16.1. The first kappa shape index (κ1) is 33.8. The number of rotatable bonds is 5. The van der Waals surface area contributed by atoms with Gasteiger partial charge in [-0.2, -0.15) is 0 Å². The fourth-order valence-corrected chi connectivity index (χ4v) is 9.81. The van der Waals surface area contributed by atoms with E-state index in [1.807, 2.05) is 0 Å². The summed E-state index contributed by atoms with van der Waals surface area (Å²) in [6, 6.07) is 57.5. The Kier molecular flexibility index (Phi) is 7.67. The van der Waals surface area contributed by atoms with E-state index in [0.29, 0.717) is 5.92 Å². The molecule has 0 saturated carbocycles. The molecule has 3 unspecified atom stereocenters. The van der Waals surface area contributed by atoms with Crippen LogP contribution < -0.4 is 0 Å². The van der Waals surface area contributed by atoms with Gasteiger partial charge in [0.15, 0.2) is 0 Å². The standard InChI is InChI=1S/C55H40N4/c1-35-13-12-21-45-53(35)56-55(57-54(45)37-15-4-2-5-16-37)38-23-28-42(29-24-38)58-48-22-11-10-20-44(48)46-33-39(26-30-49(46)58)40-27-31-50-47(34-40)52-43-19-9-8-14-36(43)25-32-51(52)59(50)41-17-6-3-7-18-41/h2-23,25-35,38,53H,24H2,1H3. The van der Waals surface area contributed by atoms with E-state index in [0.717, 1.165) is 23.5 Å². The van der Waals surface area contributed by atoms with E-state index in [1.54, 1.807) is 0 Å². The fraction of sp³-hybridized carbons (Fsp3) is 0.0909. The number of amidine groups is 1. The molecule has 59 heavy (non-hydrogen) atoms. The average molecular weight is 757 g/mol. The maximum absolute atomic E-state index is 5.30. The largest absolute Gasteiger partial charge is 0.310 e. The molecule has 1 aliphatic heterocycles. The first-order valence-electron chi connectivity index (χ1n) is 20.7. The second kappa shape index (κ2) is 13.4. The van der Waals surface area contributed by atoms with Gasteiger partial charge in [-0.05, 0) is 82.9 Å². The minimum absolute atomic E-state index is 0.0792. The van der Waals surface area contributed by atoms with E-state index in [4.69, 9.17) is 9.98 Å². The van der Waals surface area contributed by atoms with Crippen molar-refractivity contribution in [1.82, 2.24) is 9.13 Å². The number of aliphatic imine (C=N–C) groups is 2. The molecule has 4 heteroatoms. The summed E-state index contributed by atoms with van der Waals surface area (Å²) >= 11 is 0. The second-order valence-corrected chi connectivity index (χ2v) is 16.1. The lowest BCUT2D eigenvalue weighted by molar-refractivity contribution is 0.604. The van der Waals surface area contributed by atoms with Gasteiger partial charge < -0.3 is 9.13 Å². The molecule has 3 heterocycles. The molecular formula is C55H40N4. The zero-order valence-corrected chi connectivity index (χ0v) is 32.7. The topological polar surface area (TPSA) is 34.6 Å². The van der Waals surface area contributed by atoms with E-state index >= 15 is 0 Å². The van der Waals surface area contributed by atoms with Crippen molar-refractivity contribution >= 4 is 71.6 Å². The Morgan fingerprint density at radius 3 is 2.03 bits per heavy atom. The lowest BCUT2D eigenvalue weighted by atomic mass is 9.83. The molecule has 0 N–H and O–H groups in total. The Labute approximate surface area is 342 Å². The molecule has 0 spiro atoms. The molecule has 0 amide bonds. The Hall–Kier alpha value is -7.30. The zero-order valence-electron chi connectivity index (χ0n) is 32.7. The van der Waals surface area contributed by atoms with Crippen LogP contribution in [0, 0.1) is 11.8 Å². The highest BCUT2D eigenvalue weighted by atomic mass is 15.0. The summed E-state index contributed by atoms with van der Waals surface area (Å²) in [6.07, 6.45) is 14.4. The first-order valence-corrected chi connectivity index (χ1v) is 20.7. The van der Waals surface area contributed by atoms with Gasteiger partial charge in [-0.15, -0.1) is 0 Å². The van der Waals surface area contributed by atoms with Crippen molar-refractivity contribution in [3.8, 4) is 16.8 Å². The molecule has 3 atom stereocenters. The summed E-state index contributed by atoms with van der Waals surface area (Å²) in [6.45, 7) is 2.26. The number of hydrogen-bond acceptors (Lipinski definition) is 2. The molecule has 0 radical (unpaired) electrons. The predicted molar refractivity (Wildman–Crippen MR) is 249 cm³/mol. The highest BCUT2D eigenvalue weighted by Gasteiger charge is 2.32. The quantitative estimate of drug-likeness (QED) is 0.168. The average Bonchev–Trinajstić information content (AvgIpc) is 3.82. The number of hydrogen-bond donors (Lipinski definition) is 0. The van der Waals surface area contributed by atoms with Crippen molar-refractivity contribution in [1.29, 1.82) is 0 Å². The van der Waals surface area contributed by atoms with Crippen LogP contribution in [0.15, 0.2) is 210 Å². The van der Waals surface area contributed by atoms with Crippen molar-refractivity contribution in [3.63, 3.8) is 0 Å². The van der Waals surface area contributed by atoms with E-state index in [-0.39, 0.29) is 12.0 Å². The molecule has 280 valence electrons. The molecule has 9 aromatic rings. The SMILES string of the molecule is CC1C=CC=C2C(c3ccccc3)=NC(C3C=CC(n4c5ccccc5c5cc(-c6ccc7c(c6)c6c8ccccc8ccc6n7-c6ccccc6)ccc54)=CC3)=NC21. The summed E-state index contributed by atoms with van der Waals surface area (Å²) in [4.78, 5) is 10.6. The third kappa shape index (κ3) is 5.37. The smallest absolute Gasteiger partial charge is 0.131 e. The summed E-state index contributed by atoms with van der Waals surface area (Å²) in [5.74, 6) is 1.34. The highest BCUT2D eigenvalue weighted by molar-refractivity contribution is 6.22. The van der Waals surface area contributed by atoms with Gasteiger partial charge in [0, 0.05) is 55.9 Å². The van der Waals surface area contributed by atoms with Crippen LogP contribution in [0.2, 0.25) is 0 Å². The number of aromatic nitrogens is 2. The molecule has 2 aromatic heterocycles. The predicted octanol–water partition coefficient (Wildman–Crippen LogP) is 13.5. The molecule has 3 aliphatic rings. The van der Waals surface area contributed by atoms with Crippen LogP contribution in [-0.2, 0) is 0 Å². The number of allylic oxidation sites excluding steroid dienone is 5. The number of benzene rings is 7. The Balaban J connectivity index is 0.941. The zero-order chi connectivity index (χ0) is 39.0. The van der Waals surface area contributed by atoms with Crippen LogP contribution in [0.4, 0.5) is 0 Å². The molecule has 0 saturated heterocycles. The summed E-state index contributed by atoms with van der Waals surface area (Å²) in [7, 11) is 0. The van der Waals surface area contributed by atoms with Crippen LogP contribution in [0.25, 0.3) is 76.9 Å². The number of fused-ring (bicyclic) bond motifs is 9. The van der Waals surface area contributed by atoms with Gasteiger partial charge >= 0.3 is 0 Å². The van der Waals surface area contributed by atoms with Gasteiger partial charge in [-0.25, -0.2) is 4.99 Å². The highest BCUT2D eigenvalue weighted by Crippen LogP contribution is 2.41. The van der Waals surface area contributed by atoms with Crippen molar-refractivity contribution in [2.24, 2.45) is 21.8 Å². The van der Waals surface area contributed by atoms with Gasteiger partial charge in [-0.3, -0.25) is 4.99 Å². The minimum Gasteiger partial charge on any atom is -0.310 e. The summed E-state index contributed by atoms with van der Waals surface area (Å²) in [5, 5.41) is 7.58. The van der Waals surface area contributed by atoms with Crippen molar-refractivity contribution < 1.29 is 0 Å².